The molecule has 1 fully saturated rings. The Labute approximate surface area is 217 Å². The lowest BCUT2D eigenvalue weighted by Crippen LogP contribution is -2.50. The number of benzene rings is 2. The number of amides is 3. The maximum absolute atomic E-state index is 13.3. The Balaban J connectivity index is 1.36. The summed E-state index contributed by atoms with van der Waals surface area (Å²) in [6.07, 6.45) is -6.07. The van der Waals surface area contributed by atoms with Gasteiger partial charge in [0.1, 0.15) is 0 Å². The monoisotopic (exact) mass is 534 g/mol. The smallest absolute Gasteiger partial charge is 0.418 e. The molecule has 1 saturated heterocycles. The Hall–Kier alpha value is -3.96. The molecule has 2 heterocycles. The summed E-state index contributed by atoms with van der Waals surface area (Å²) in [7, 11) is 0. The molecule has 0 bridgehead atoms. The van der Waals surface area contributed by atoms with Crippen molar-refractivity contribution in [2.45, 2.75) is 50.9 Å². The van der Waals surface area contributed by atoms with Gasteiger partial charge >= 0.3 is 24.3 Å². The number of carbonyl (C=O) groups is 3. The number of urea groups is 1. The fraction of sp³-hybridized carbons (Fsp3) is 0.423. The van der Waals surface area contributed by atoms with Crippen LogP contribution in [0.15, 0.2) is 36.4 Å². The van der Waals surface area contributed by atoms with E-state index in [4.69, 9.17) is 10.5 Å². The van der Waals surface area contributed by atoms with Gasteiger partial charge in [-0.2, -0.15) is 13.2 Å². The molecule has 0 aromatic heterocycles. The van der Waals surface area contributed by atoms with Crippen molar-refractivity contribution >= 4 is 29.5 Å². The number of nitrogens with two attached hydrogens (primary N) is 1. The molecule has 4 N–H and O–H groups in total. The van der Waals surface area contributed by atoms with Gasteiger partial charge in [-0.05, 0) is 55.0 Å². The van der Waals surface area contributed by atoms with Crippen LogP contribution in [0.3, 0.4) is 0 Å². The number of carboxylic acids is 1. The number of alkyl halides is 3. The van der Waals surface area contributed by atoms with Gasteiger partial charge in [0.15, 0.2) is 0 Å². The van der Waals surface area contributed by atoms with E-state index in [0.29, 0.717) is 25.8 Å². The number of para-hydroxylation sites is 1. The molecule has 1 unspecified atom stereocenters. The molecule has 2 aliphatic heterocycles. The number of hydrogen-bond acceptors (Lipinski definition) is 5. The fourth-order valence-electron chi connectivity index (χ4n) is 4.91. The van der Waals surface area contributed by atoms with Crippen molar-refractivity contribution in [2.24, 2.45) is 0 Å². The minimum atomic E-state index is -4.71. The van der Waals surface area contributed by atoms with Gasteiger partial charge in [0, 0.05) is 43.5 Å². The van der Waals surface area contributed by atoms with Crippen LogP contribution in [0, 0.1) is 6.92 Å². The highest BCUT2D eigenvalue weighted by Crippen LogP contribution is 2.36. The summed E-state index contributed by atoms with van der Waals surface area (Å²) in [4.78, 5) is 40.4. The number of piperidine rings is 1. The Morgan fingerprint density at radius 2 is 1.87 bits per heavy atom. The van der Waals surface area contributed by atoms with Crippen molar-refractivity contribution in [3.8, 4) is 0 Å². The highest BCUT2D eigenvalue weighted by Gasteiger charge is 2.36. The normalized spacial score (nSPS) is 17.3. The van der Waals surface area contributed by atoms with Crippen LogP contribution in [0.25, 0.3) is 0 Å². The topological polar surface area (TPSA) is 125 Å². The molecule has 2 aromatic rings. The van der Waals surface area contributed by atoms with E-state index in [9.17, 15) is 32.7 Å². The summed E-state index contributed by atoms with van der Waals surface area (Å²) in [5.74, 6) is -1.47. The molecule has 38 heavy (non-hydrogen) atoms. The second-order valence-corrected chi connectivity index (χ2v) is 9.54. The number of hydrogen-bond donors (Lipinski definition) is 3. The number of halogens is 3. The largest absolute Gasteiger partial charge is 0.478 e. The summed E-state index contributed by atoms with van der Waals surface area (Å²) in [6.45, 7) is 2.40. The van der Waals surface area contributed by atoms with Crippen LogP contribution in [0.4, 0.5) is 34.1 Å². The van der Waals surface area contributed by atoms with Gasteiger partial charge in [-0.25, -0.2) is 14.4 Å². The first-order valence-electron chi connectivity index (χ1n) is 12.2. The molecular weight excluding hydrogens is 505 g/mol. The maximum atomic E-state index is 13.3. The molecule has 2 aromatic carbocycles. The highest BCUT2D eigenvalue weighted by molar-refractivity contribution is 5.91. The number of aryl methyl sites for hydroxylation is 1. The lowest BCUT2D eigenvalue weighted by atomic mass is 9.99. The number of ether oxygens (including phenoxy) is 1. The Kier molecular flexibility index (Phi) is 7.70. The first-order valence-corrected chi connectivity index (χ1v) is 12.2. The van der Waals surface area contributed by atoms with Crippen LogP contribution in [0.5, 0.6) is 0 Å². The van der Waals surface area contributed by atoms with E-state index in [1.54, 1.807) is 4.90 Å². The molecule has 1 atom stereocenters. The van der Waals surface area contributed by atoms with E-state index >= 15 is 0 Å². The summed E-state index contributed by atoms with van der Waals surface area (Å²) in [6, 6.07) is 9.40. The predicted molar refractivity (Wildman–Crippen MR) is 133 cm³/mol. The Morgan fingerprint density at radius 1 is 1.18 bits per heavy atom. The van der Waals surface area contributed by atoms with Crippen molar-refractivity contribution in [1.29, 1.82) is 0 Å². The second-order valence-electron chi connectivity index (χ2n) is 9.54. The van der Waals surface area contributed by atoms with Gasteiger partial charge in [0.05, 0.1) is 5.56 Å². The summed E-state index contributed by atoms with van der Waals surface area (Å²) in [5, 5.41) is 12.5. The molecule has 12 heteroatoms. The van der Waals surface area contributed by atoms with Gasteiger partial charge < -0.3 is 30.7 Å². The minimum absolute atomic E-state index is 0.0381. The number of nitrogens with one attached hydrogen (secondary N) is 1. The summed E-state index contributed by atoms with van der Waals surface area (Å²) < 4.78 is 45.2. The number of rotatable bonds is 5. The van der Waals surface area contributed by atoms with Crippen LogP contribution in [-0.2, 0) is 28.5 Å². The molecule has 3 amide bonds. The summed E-state index contributed by atoms with van der Waals surface area (Å²) >= 11 is 0. The second kappa shape index (κ2) is 10.8. The van der Waals surface area contributed by atoms with Crippen LogP contribution in [0.1, 0.15) is 35.1 Å². The average molecular weight is 535 g/mol. The lowest BCUT2D eigenvalue weighted by molar-refractivity contribution is -0.147. The zero-order valence-corrected chi connectivity index (χ0v) is 20.8. The third-order valence-electron chi connectivity index (χ3n) is 7.00. The van der Waals surface area contributed by atoms with Crippen LogP contribution in [0.2, 0.25) is 0 Å². The first kappa shape index (κ1) is 27.1. The van der Waals surface area contributed by atoms with Crippen LogP contribution < -0.4 is 11.1 Å². The Bertz CT molecular complexity index is 1230. The van der Waals surface area contributed by atoms with Crippen molar-refractivity contribution in [1.82, 2.24) is 9.80 Å². The number of anilines is 2. The van der Waals surface area contributed by atoms with Gasteiger partial charge in [0.25, 0.3) is 0 Å². The number of aliphatic carboxylic acids is 1. The van der Waals surface area contributed by atoms with Crippen LogP contribution in [-0.4, -0.2) is 64.8 Å². The van der Waals surface area contributed by atoms with Crippen LogP contribution >= 0.6 is 0 Å². The minimum Gasteiger partial charge on any atom is -0.478 e. The van der Waals surface area contributed by atoms with E-state index < -0.39 is 42.0 Å². The average Bonchev–Trinajstić information content (AvgIpc) is 3.03. The molecule has 0 saturated carbocycles. The van der Waals surface area contributed by atoms with Gasteiger partial charge in [-0.15, -0.1) is 0 Å². The van der Waals surface area contributed by atoms with E-state index in [0.717, 1.165) is 17.3 Å². The Morgan fingerprint density at radius 3 is 2.53 bits per heavy atom. The third-order valence-corrected chi connectivity index (χ3v) is 7.00. The van der Waals surface area contributed by atoms with Crippen molar-refractivity contribution in [2.75, 3.05) is 30.7 Å². The quantitative estimate of drug-likeness (QED) is 0.492. The predicted octanol–water partition coefficient (Wildman–Crippen LogP) is 4.28. The van der Waals surface area contributed by atoms with Crippen molar-refractivity contribution in [3.63, 3.8) is 0 Å². The highest BCUT2D eigenvalue weighted by atomic mass is 19.4. The molecule has 0 spiro atoms. The van der Waals surface area contributed by atoms with Crippen molar-refractivity contribution in [3.05, 3.63) is 58.7 Å². The zero-order chi connectivity index (χ0) is 27.6. The molecular formula is C26H29F3N4O5. The third kappa shape index (κ3) is 5.95. The van der Waals surface area contributed by atoms with Gasteiger partial charge in [-0.3, -0.25) is 0 Å². The number of nitrogens with zero attached hydrogens (tertiary/aromatic N) is 2. The number of fused-ring (bicyclic) bond motifs is 1. The lowest BCUT2D eigenvalue weighted by Gasteiger charge is -2.37. The number of nitrogen functional groups attached to an aromatic ring is 1. The molecule has 0 aliphatic carbocycles. The fourth-order valence-corrected chi connectivity index (χ4v) is 4.91. The molecule has 204 valence electrons. The molecule has 4 rings (SSSR count). The van der Waals surface area contributed by atoms with Gasteiger partial charge in [0.2, 0.25) is 6.10 Å². The maximum Gasteiger partial charge on any atom is 0.418 e. The van der Waals surface area contributed by atoms with E-state index in [1.165, 1.54) is 17.9 Å². The first-order chi connectivity index (χ1) is 17.9. The van der Waals surface area contributed by atoms with Gasteiger partial charge in [-0.1, -0.05) is 24.3 Å². The molecule has 9 nitrogen and oxygen atoms in total. The number of carbonyl (C=O) groups excluding carboxylic acids is 2. The standard InChI is InChI=1S/C26H29F3N4O5/c1-15-12-16(13-19(22(15)30)26(27,28)29)14-21(23(34)35)38-25(37)32-9-7-18(8-10-32)33-11-6-17-4-2-3-5-20(17)31-24(33)36/h2-5,12-13,18,21H,6-11,14,30H2,1H3,(H,31,36)(H,34,35). The number of likely N-dealkylation sites (tertiary alicyclic amines) is 1. The molecule has 2 aliphatic rings. The SMILES string of the molecule is Cc1cc(CC(OC(=O)N2CCC(N3CCc4ccccc4NC3=O)CC2)C(=O)O)cc(C(F)(F)F)c1N. The zero-order valence-electron chi connectivity index (χ0n) is 20.8. The summed E-state index contributed by atoms with van der Waals surface area (Å²) in [5.41, 5.74) is 6.06. The number of carboxylic acid groups (broad SMARTS) is 1. The van der Waals surface area contributed by atoms with E-state index in [2.05, 4.69) is 5.32 Å². The van der Waals surface area contributed by atoms with E-state index in [1.807, 2.05) is 24.3 Å². The van der Waals surface area contributed by atoms with E-state index in [-0.39, 0.29) is 36.3 Å². The molecule has 0 radical (unpaired) electrons. The van der Waals surface area contributed by atoms with Crippen molar-refractivity contribution < 1.29 is 37.4 Å².